The minimum absolute atomic E-state index is 0.213. The molecule has 162 valence electrons. The van der Waals surface area contributed by atoms with Crippen molar-refractivity contribution in [2.24, 2.45) is 0 Å². The number of likely N-dealkylation sites (tertiary alicyclic amines) is 1. The van der Waals surface area contributed by atoms with E-state index in [-0.39, 0.29) is 18.5 Å². The summed E-state index contributed by atoms with van der Waals surface area (Å²) in [4.78, 5) is 4.59. The molecule has 2 aliphatic heterocycles. The third kappa shape index (κ3) is 4.94. The highest BCUT2D eigenvalue weighted by molar-refractivity contribution is 5.38. The predicted molar refractivity (Wildman–Crippen MR) is 114 cm³/mol. The van der Waals surface area contributed by atoms with Crippen molar-refractivity contribution >= 4 is 0 Å². The van der Waals surface area contributed by atoms with Crippen LogP contribution in [0.4, 0.5) is 4.39 Å². The second-order valence-corrected chi connectivity index (χ2v) is 8.26. The van der Waals surface area contributed by atoms with Crippen LogP contribution >= 0.6 is 0 Å². The van der Waals surface area contributed by atoms with E-state index in [9.17, 15) is 9.50 Å². The lowest BCUT2D eigenvalue weighted by Gasteiger charge is -2.34. The molecule has 0 aliphatic carbocycles. The van der Waals surface area contributed by atoms with Gasteiger partial charge in [0.2, 0.25) is 0 Å². The third-order valence-electron chi connectivity index (χ3n) is 6.18. The highest BCUT2D eigenvalue weighted by Crippen LogP contribution is 2.28. The number of nitrogens with zero attached hydrogens (tertiary/aromatic N) is 2. The van der Waals surface area contributed by atoms with E-state index in [1.165, 1.54) is 24.5 Å². The summed E-state index contributed by atoms with van der Waals surface area (Å²) < 4.78 is 25.5. The molecular weight excluding hydrogens is 383 g/mol. The second kappa shape index (κ2) is 9.77. The first kappa shape index (κ1) is 21.1. The van der Waals surface area contributed by atoms with Gasteiger partial charge in [0.25, 0.3) is 0 Å². The SMILES string of the molecule is COc1ccc(F)c(CN2CCOc3ccc(CN4CCCCC4CO)cc3C2)c1. The van der Waals surface area contributed by atoms with E-state index in [4.69, 9.17) is 9.47 Å². The Hall–Kier alpha value is -2.15. The summed E-state index contributed by atoms with van der Waals surface area (Å²) >= 11 is 0. The smallest absolute Gasteiger partial charge is 0.127 e. The summed E-state index contributed by atoms with van der Waals surface area (Å²) in [6.07, 6.45) is 3.43. The average Bonchev–Trinajstić information content (AvgIpc) is 2.97. The first-order chi connectivity index (χ1) is 14.7. The van der Waals surface area contributed by atoms with Crippen LogP contribution in [0.15, 0.2) is 36.4 Å². The molecule has 0 amide bonds. The maximum Gasteiger partial charge on any atom is 0.127 e. The number of aliphatic hydroxyl groups is 1. The molecule has 1 unspecified atom stereocenters. The highest BCUT2D eigenvalue weighted by Gasteiger charge is 2.23. The first-order valence-corrected chi connectivity index (χ1v) is 10.8. The van der Waals surface area contributed by atoms with Gasteiger partial charge in [-0.3, -0.25) is 9.80 Å². The number of halogens is 1. The lowest BCUT2D eigenvalue weighted by molar-refractivity contribution is 0.0841. The molecule has 1 fully saturated rings. The fraction of sp³-hybridized carbons (Fsp3) is 0.500. The zero-order chi connectivity index (χ0) is 20.9. The molecule has 0 spiro atoms. The van der Waals surface area contributed by atoms with E-state index in [1.54, 1.807) is 19.2 Å². The van der Waals surface area contributed by atoms with Crippen LogP contribution < -0.4 is 9.47 Å². The van der Waals surface area contributed by atoms with Crippen LogP contribution in [0, 0.1) is 5.82 Å². The third-order valence-corrected chi connectivity index (χ3v) is 6.18. The van der Waals surface area contributed by atoms with E-state index < -0.39 is 0 Å². The highest BCUT2D eigenvalue weighted by atomic mass is 19.1. The summed E-state index contributed by atoms with van der Waals surface area (Å²) in [5.74, 6) is 1.36. The first-order valence-electron chi connectivity index (χ1n) is 10.8. The number of hydrogen-bond acceptors (Lipinski definition) is 5. The molecule has 0 radical (unpaired) electrons. The van der Waals surface area contributed by atoms with E-state index in [0.29, 0.717) is 31.0 Å². The predicted octanol–water partition coefficient (Wildman–Crippen LogP) is 3.58. The molecule has 2 aliphatic rings. The normalized spacial score (nSPS) is 20.3. The Morgan fingerprint density at radius 3 is 2.87 bits per heavy atom. The molecule has 0 bridgehead atoms. The van der Waals surface area contributed by atoms with Crippen molar-refractivity contribution in [2.75, 3.05) is 33.4 Å². The Bertz CT molecular complexity index is 860. The Morgan fingerprint density at radius 2 is 2.03 bits per heavy atom. The number of aliphatic hydroxyl groups excluding tert-OH is 1. The number of ether oxygens (including phenoxy) is 2. The molecular formula is C24H31FN2O3. The van der Waals surface area contributed by atoms with Crippen LogP contribution in [0.25, 0.3) is 0 Å². The van der Waals surface area contributed by atoms with Crippen molar-refractivity contribution < 1.29 is 19.0 Å². The lowest BCUT2D eigenvalue weighted by Crippen LogP contribution is -2.41. The molecule has 2 aromatic carbocycles. The van der Waals surface area contributed by atoms with Crippen molar-refractivity contribution in [2.45, 2.75) is 44.9 Å². The van der Waals surface area contributed by atoms with Crippen molar-refractivity contribution in [1.82, 2.24) is 9.80 Å². The van der Waals surface area contributed by atoms with Crippen molar-refractivity contribution in [1.29, 1.82) is 0 Å². The van der Waals surface area contributed by atoms with Gasteiger partial charge in [0.1, 0.15) is 23.9 Å². The molecule has 2 heterocycles. The van der Waals surface area contributed by atoms with Gasteiger partial charge in [-0.15, -0.1) is 0 Å². The largest absolute Gasteiger partial charge is 0.497 e. The number of rotatable bonds is 6. The van der Waals surface area contributed by atoms with Gasteiger partial charge in [-0.05, 0) is 55.3 Å². The number of hydrogen-bond donors (Lipinski definition) is 1. The molecule has 1 N–H and O–H groups in total. The van der Waals surface area contributed by atoms with Crippen LogP contribution in [-0.4, -0.2) is 54.4 Å². The molecule has 0 saturated carbocycles. The molecule has 5 nitrogen and oxygen atoms in total. The van der Waals surface area contributed by atoms with Crippen LogP contribution in [0.5, 0.6) is 11.5 Å². The fourth-order valence-corrected chi connectivity index (χ4v) is 4.48. The van der Waals surface area contributed by atoms with Gasteiger partial charge < -0.3 is 14.6 Å². The number of piperidine rings is 1. The quantitative estimate of drug-likeness (QED) is 0.783. The summed E-state index contributed by atoms with van der Waals surface area (Å²) in [6, 6.07) is 11.5. The molecule has 1 atom stereocenters. The van der Waals surface area contributed by atoms with Gasteiger partial charge in [0.15, 0.2) is 0 Å². The maximum atomic E-state index is 14.3. The van der Waals surface area contributed by atoms with E-state index in [1.807, 2.05) is 0 Å². The van der Waals surface area contributed by atoms with Crippen molar-refractivity contribution in [3.05, 3.63) is 58.9 Å². The number of benzene rings is 2. The molecule has 1 saturated heterocycles. The van der Waals surface area contributed by atoms with Gasteiger partial charge in [-0.1, -0.05) is 12.5 Å². The average molecular weight is 415 g/mol. The molecule has 4 rings (SSSR count). The number of fused-ring (bicyclic) bond motifs is 1. The lowest BCUT2D eigenvalue weighted by atomic mass is 10.0. The standard InChI is InChI=1S/C24H31FN2O3/c1-29-22-6-7-23(25)19(13-22)15-26-10-11-30-24-8-5-18(12-20(24)16-26)14-27-9-3-2-4-21(27)17-28/h5-8,12-13,21,28H,2-4,9-11,14-17H2,1H3. The fourth-order valence-electron chi connectivity index (χ4n) is 4.48. The van der Waals surface area contributed by atoms with Crippen LogP contribution in [-0.2, 0) is 19.6 Å². The maximum absolute atomic E-state index is 14.3. The van der Waals surface area contributed by atoms with Crippen LogP contribution in [0.2, 0.25) is 0 Å². The Labute approximate surface area is 178 Å². The van der Waals surface area contributed by atoms with Crippen molar-refractivity contribution in [3.8, 4) is 11.5 Å². The molecule has 0 aromatic heterocycles. The minimum atomic E-state index is -0.213. The molecule has 2 aromatic rings. The zero-order valence-corrected chi connectivity index (χ0v) is 17.6. The summed E-state index contributed by atoms with van der Waals surface area (Å²) in [6.45, 7) is 4.62. The van der Waals surface area contributed by atoms with Gasteiger partial charge in [0.05, 0.1) is 13.7 Å². The monoisotopic (exact) mass is 414 g/mol. The molecule has 30 heavy (non-hydrogen) atoms. The Morgan fingerprint density at radius 1 is 1.13 bits per heavy atom. The van der Waals surface area contributed by atoms with Crippen LogP contribution in [0.3, 0.4) is 0 Å². The molecule has 6 heteroatoms. The van der Waals surface area contributed by atoms with Gasteiger partial charge >= 0.3 is 0 Å². The van der Waals surface area contributed by atoms with Gasteiger partial charge in [0, 0.05) is 43.3 Å². The number of methoxy groups -OCH3 is 1. The summed E-state index contributed by atoms with van der Waals surface area (Å²) in [7, 11) is 1.60. The summed E-state index contributed by atoms with van der Waals surface area (Å²) in [5, 5.41) is 9.70. The van der Waals surface area contributed by atoms with Gasteiger partial charge in [-0.25, -0.2) is 4.39 Å². The Balaban J connectivity index is 1.48. The second-order valence-electron chi connectivity index (χ2n) is 8.26. The summed E-state index contributed by atoms with van der Waals surface area (Å²) in [5.41, 5.74) is 2.99. The van der Waals surface area contributed by atoms with Gasteiger partial charge in [-0.2, -0.15) is 0 Å². The topological polar surface area (TPSA) is 45.2 Å². The van der Waals surface area contributed by atoms with Crippen LogP contribution in [0.1, 0.15) is 36.0 Å². The minimum Gasteiger partial charge on any atom is -0.497 e. The zero-order valence-electron chi connectivity index (χ0n) is 17.6. The Kier molecular flexibility index (Phi) is 6.87. The van der Waals surface area contributed by atoms with E-state index in [2.05, 4.69) is 28.0 Å². The van der Waals surface area contributed by atoms with Crippen molar-refractivity contribution in [3.63, 3.8) is 0 Å². The van der Waals surface area contributed by atoms with E-state index in [0.717, 1.165) is 37.4 Å². The van der Waals surface area contributed by atoms with E-state index >= 15 is 0 Å².